The van der Waals surface area contributed by atoms with E-state index in [9.17, 15) is 9.59 Å². The molecule has 1 N–H and O–H groups in total. The summed E-state index contributed by atoms with van der Waals surface area (Å²) >= 11 is 0. The molecule has 0 unspecified atom stereocenters. The first kappa shape index (κ1) is 22.3. The number of aryl methyl sites for hydroxylation is 3. The zero-order valence-corrected chi connectivity index (χ0v) is 18.5. The van der Waals surface area contributed by atoms with Crippen LogP contribution in [0.5, 0.6) is 5.75 Å². The number of rotatable bonds is 9. The van der Waals surface area contributed by atoms with Crippen LogP contribution in [0.2, 0.25) is 0 Å². The molecule has 0 aliphatic heterocycles. The molecule has 0 spiro atoms. The molecule has 3 aromatic rings. The number of carboxylic acids is 1. The summed E-state index contributed by atoms with van der Waals surface area (Å²) in [5.41, 5.74) is 1.96. The zero-order chi connectivity index (χ0) is 22.6. The summed E-state index contributed by atoms with van der Waals surface area (Å²) in [6.45, 7) is 5.53. The van der Waals surface area contributed by atoms with Gasteiger partial charge in [-0.15, -0.1) is 0 Å². The van der Waals surface area contributed by atoms with E-state index in [1.54, 1.807) is 23.7 Å². The normalized spacial score (nSPS) is 11.5. The van der Waals surface area contributed by atoms with E-state index in [-0.39, 0.29) is 5.69 Å². The third-order valence-electron chi connectivity index (χ3n) is 5.26. The fourth-order valence-electron chi connectivity index (χ4n) is 3.23. The van der Waals surface area contributed by atoms with E-state index in [2.05, 4.69) is 5.10 Å². The van der Waals surface area contributed by atoms with Crippen molar-refractivity contribution in [1.29, 1.82) is 0 Å². The zero-order valence-electron chi connectivity index (χ0n) is 18.5. The van der Waals surface area contributed by atoms with Crippen molar-refractivity contribution in [3.63, 3.8) is 0 Å². The highest BCUT2D eigenvalue weighted by Crippen LogP contribution is 2.20. The predicted octanol–water partition coefficient (Wildman–Crippen LogP) is 3.36. The van der Waals surface area contributed by atoms with Gasteiger partial charge in [0.25, 0.3) is 0 Å². The average Bonchev–Trinajstić information content (AvgIpc) is 2.98. The quantitative estimate of drug-likeness (QED) is 0.570. The molecule has 2 aromatic carbocycles. The van der Waals surface area contributed by atoms with E-state index in [1.165, 1.54) is 24.1 Å². The fraction of sp³-hybridized carbons (Fsp3) is 0.375. The summed E-state index contributed by atoms with van der Waals surface area (Å²) in [5, 5.41) is 13.7. The van der Waals surface area contributed by atoms with Crippen molar-refractivity contribution in [2.24, 2.45) is 7.05 Å². The Morgan fingerprint density at radius 3 is 2.26 bits per heavy atom. The summed E-state index contributed by atoms with van der Waals surface area (Å²) in [5.74, 6) is 0.276. The smallest absolute Gasteiger partial charge is 0.347 e. The molecule has 0 saturated heterocycles. The van der Waals surface area contributed by atoms with Gasteiger partial charge in [-0.25, -0.2) is 14.3 Å². The van der Waals surface area contributed by atoms with Crippen LogP contribution in [0.15, 0.2) is 53.3 Å². The van der Waals surface area contributed by atoms with Crippen LogP contribution < -0.4 is 10.4 Å². The van der Waals surface area contributed by atoms with Crippen LogP contribution in [0.25, 0.3) is 0 Å². The van der Waals surface area contributed by atoms with Gasteiger partial charge in [-0.3, -0.25) is 4.57 Å². The number of nitrogens with zero attached hydrogens (tertiary/aromatic N) is 3. The minimum absolute atomic E-state index is 0.113. The molecule has 3 rings (SSSR count). The molecule has 0 bridgehead atoms. The maximum absolute atomic E-state index is 12.5. The Bertz CT molecular complexity index is 1090. The van der Waals surface area contributed by atoms with Crippen molar-refractivity contribution in [2.45, 2.75) is 52.2 Å². The largest absolute Gasteiger partial charge is 0.478 e. The van der Waals surface area contributed by atoms with Crippen molar-refractivity contribution in [3.05, 3.63) is 81.5 Å². The lowest BCUT2D eigenvalue weighted by Crippen LogP contribution is -2.37. The Morgan fingerprint density at radius 2 is 1.65 bits per heavy atom. The lowest BCUT2D eigenvalue weighted by Gasteiger charge is -2.21. The Balaban J connectivity index is 1.57. The Labute approximate surface area is 181 Å². The van der Waals surface area contributed by atoms with Gasteiger partial charge in [-0.05, 0) is 56.9 Å². The minimum atomic E-state index is -1.27. The number of hydrogen-bond donors (Lipinski definition) is 1. The van der Waals surface area contributed by atoms with Crippen molar-refractivity contribution < 1.29 is 14.6 Å². The summed E-state index contributed by atoms with van der Waals surface area (Å²) in [4.78, 5) is 23.7. The second-order valence-corrected chi connectivity index (χ2v) is 8.32. The summed E-state index contributed by atoms with van der Waals surface area (Å²) in [7, 11) is 1.76. The van der Waals surface area contributed by atoms with E-state index in [0.29, 0.717) is 18.7 Å². The number of carbonyl (C=O) groups is 1. The maximum atomic E-state index is 12.5. The van der Waals surface area contributed by atoms with Crippen molar-refractivity contribution in [2.75, 3.05) is 0 Å². The third kappa shape index (κ3) is 5.63. The molecular formula is C24H29N3O4. The molecular weight excluding hydrogens is 394 g/mol. The van der Waals surface area contributed by atoms with Crippen molar-refractivity contribution in [1.82, 2.24) is 14.3 Å². The lowest BCUT2D eigenvalue weighted by molar-refractivity contribution is -0.152. The predicted molar refractivity (Wildman–Crippen MR) is 119 cm³/mol. The lowest BCUT2D eigenvalue weighted by atomic mass is 10.1. The first-order valence-electron chi connectivity index (χ1n) is 10.4. The molecule has 0 radical (unpaired) electrons. The molecule has 7 heteroatoms. The maximum Gasteiger partial charge on any atom is 0.347 e. The minimum Gasteiger partial charge on any atom is -0.478 e. The number of aromatic nitrogens is 3. The molecule has 0 atom stereocenters. The molecule has 0 aliphatic carbocycles. The van der Waals surface area contributed by atoms with Crippen LogP contribution in [0.1, 0.15) is 42.8 Å². The van der Waals surface area contributed by atoms with Gasteiger partial charge >= 0.3 is 11.7 Å². The molecule has 7 nitrogen and oxygen atoms in total. The number of hydrogen-bond acceptors (Lipinski definition) is 4. The average molecular weight is 424 g/mol. The number of aliphatic carboxylic acids is 1. The molecule has 0 fully saturated rings. The van der Waals surface area contributed by atoms with Crippen LogP contribution in [0.4, 0.5) is 0 Å². The topological polar surface area (TPSA) is 86.3 Å². The molecule has 1 heterocycles. The van der Waals surface area contributed by atoms with Crippen LogP contribution in [-0.4, -0.2) is 31.0 Å². The van der Waals surface area contributed by atoms with Gasteiger partial charge in [-0.1, -0.05) is 42.0 Å². The van der Waals surface area contributed by atoms with Crippen LogP contribution >= 0.6 is 0 Å². The second-order valence-electron chi connectivity index (χ2n) is 8.32. The molecule has 164 valence electrons. The van der Waals surface area contributed by atoms with E-state index >= 15 is 0 Å². The Morgan fingerprint density at radius 1 is 1.03 bits per heavy atom. The highest BCUT2D eigenvalue weighted by molar-refractivity contribution is 5.76. The van der Waals surface area contributed by atoms with Gasteiger partial charge in [-0.2, -0.15) is 5.10 Å². The molecule has 0 aliphatic rings. The van der Waals surface area contributed by atoms with E-state index in [1.807, 2.05) is 43.3 Å². The van der Waals surface area contributed by atoms with Gasteiger partial charge in [0.05, 0.1) is 6.54 Å². The highest BCUT2D eigenvalue weighted by atomic mass is 16.5. The number of carboxylic acid groups (broad SMARTS) is 1. The fourth-order valence-corrected chi connectivity index (χ4v) is 3.23. The number of ether oxygens (including phenoxy) is 1. The molecule has 31 heavy (non-hydrogen) atoms. The van der Waals surface area contributed by atoms with E-state index in [4.69, 9.17) is 9.84 Å². The standard InChI is InChI=1S/C24H29N3O4/c1-17-8-10-19(11-9-17)16-27-23(30)26(4)21(25-27)7-5-6-18-12-14-20(15-13-18)31-24(2,3)22(28)29/h8-15H,5-7,16H2,1-4H3,(H,28,29). The van der Waals surface area contributed by atoms with Crippen molar-refractivity contribution >= 4 is 5.97 Å². The second kappa shape index (κ2) is 9.20. The van der Waals surface area contributed by atoms with Gasteiger partial charge in [0.15, 0.2) is 5.60 Å². The third-order valence-corrected chi connectivity index (χ3v) is 5.26. The monoisotopic (exact) mass is 423 g/mol. The molecule has 1 aromatic heterocycles. The van der Waals surface area contributed by atoms with Crippen molar-refractivity contribution in [3.8, 4) is 5.75 Å². The summed E-state index contributed by atoms with van der Waals surface area (Å²) < 4.78 is 8.65. The van der Waals surface area contributed by atoms with E-state index < -0.39 is 11.6 Å². The van der Waals surface area contributed by atoms with Gasteiger partial charge in [0, 0.05) is 13.5 Å². The molecule has 0 amide bonds. The Hall–Kier alpha value is -3.35. The number of benzene rings is 2. The highest BCUT2D eigenvalue weighted by Gasteiger charge is 2.29. The summed E-state index contributed by atoms with van der Waals surface area (Å²) in [6, 6.07) is 15.5. The van der Waals surface area contributed by atoms with Crippen LogP contribution in [-0.2, 0) is 31.2 Å². The van der Waals surface area contributed by atoms with E-state index in [0.717, 1.165) is 29.8 Å². The first-order valence-corrected chi connectivity index (χ1v) is 10.4. The van der Waals surface area contributed by atoms with Gasteiger partial charge < -0.3 is 9.84 Å². The molecule has 0 saturated carbocycles. The van der Waals surface area contributed by atoms with Gasteiger partial charge in [0.1, 0.15) is 11.6 Å². The Kier molecular flexibility index (Phi) is 6.63. The summed E-state index contributed by atoms with van der Waals surface area (Å²) in [6.07, 6.45) is 2.36. The SMILES string of the molecule is Cc1ccc(Cn2nc(CCCc3ccc(OC(C)(C)C(=O)O)cc3)n(C)c2=O)cc1. The van der Waals surface area contributed by atoms with Gasteiger partial charge in [0.2, 0.25) is 0 Å². The van der Waals surface area contributed by atoms with Crippen LogP contribution in [0, 0.1) is 6.92 Å². The first-order chi connectivity index (χ1) is 14.7. The van der Waals surface area contributed by atoms with Crippen LogP contribution in [0.3, 0.4) is 0 Å².